The van der Waals surface area contributed by atoms with Crippen LogP contribution < -0.4 is 0 Å². The van der Waals surface area contributed by atoms with Gasteiger partial charge < -0.3 is 0 Å². The van der Waals surface area contributed by atoms with Crippen LogP contribution in [0, 0.1) is 0 Å². The van der Waals surface area contributed by atoms with Gasteiger partial charge in [-0.3, -0.25) is 4.90 Å². The minimum Gasteiger partial charge on any atom is -0.299 e. The predicted molar refractivity (Wildman–Crippen MR) is 71.4 cm³/mol. The van der Waals surface area contributed by atoms with E-state index in [0.29, 0.717) is 0 Å². The molecule has 0 aliphatic carbocycles. The fourth-order valence-electron chi connectivity index (χ4n) is 1.91. The van der Waals surface area contributed by atoms with Gasteiger partial charge in [0.25, 0.3) is 0 Å². The molecule has 0 aromatic heterocycles. The van der Waals surface area contributed by atoms with E-state index in [1.165, 1.54) is 31.5 Å². The number of likely N-dealkylation sites (tertiary alicyclic amines) is 1. The lowest BCUT2D eigenvalue weighted by Crippen LogP contribution is -2.33. The van der Waals surface area contributed by atoms with Crippen molar-refractivity contribution in [2.24, 2.45) is 0 Å². The van der Waals surface area contributed by atoms with E-state index in [-0.39, 0.29) is 0 Å². The molecule has 1 aliphatic heterocycles. The Morgan fingerprint density at radius 1 is 1.13 bits per heavy atom. The van der Waals surface area contributed by atoms with E-state index in [2.05, 4.69) is 61.0 Å². The molecule has 82 valence electrons. The Balaban J connectivity index is 1.89. The third kappa shape index (κ3) is 3.58. The molecule has 0 saturated carbocycles. The van der Waals surface area contributed by atoms with Crippen molar-refractivity contribution < 1.29 is 0 Å². The highest BCUT2D eigenvalue weighted by atomic mass is 79.9. The first-order valence-corrected chi connectivity index (χ1v) is 7.06. The standard InChI is InChI=1S/C12H15Br2N/c13-11-3-1-10(2-4-11)9-15-7-5-12(14)6-8-15/h1-4,12H,5-9H2. The maximum absolute atomic E-state index is 3.68. The van der Waals surface area contributed by atoms with E-state index in [4.69, 9.17) is 0 Å². The summed E-state index contributed by atoms with van der Waals surface area (Å²) in [5, 5.41) is 0. The molecule has 0 radical (unpaired) electrons. The van der Waals surface area contributed by atoms with Crippen LogP contribution in [0.15, 0.2) is 28.7 Å². The van der Waals surface area contributed by atoms with E-state index in [9.17, 15) is 0 Å². The third-order valence-corrected chi connectivity index (χ3v) is 4.28. The fraction of sp³-hybridized carbons (Fsp3) is 0.500. The number of alkyl halides is 1. The lowest BCUT2D eigenvalue weighted by molar-refractivity contribution is 0.226. The highest BCUT2D eigenvalue weighted by Gasteiger charge is 2.16. The summed E-state index contributed by atoms with van der Waals surface area (Å²) in [4.78, 5) is 3.26. The Morgan fingerprint density at radius 2 is 1.73 bits per heavy atom. The number of hydrogen-bond acceptors (Lipinski definition) is 1. The number of hydrogen-bond donors (Lipinski definition) is 0. The average Bonchev–Trinajstić information content (AvgIpc) is 2.25. The smallest absolute Gasteiger partial charge is 0.0233 e. The Labute approximate surface area is 108 Å². The minimum atomic E-state index is 0.735. The Bertz CT molecular complexity index is 302. The van der Waals surface area contributed by atoms with Gasteiger partial charge in [0.15, 0.2) is 0 Å². The van der Waals surface area contributed by atoms with Crippen LogP contribution in [0.1, 0.15) is 18.4 Å². The van der Waals surface area contributed by atoms with Gasteiger partial charge in [0.05, 0.1) is 0 Å². The molecule has 1 heterocycles. The Hall–Kier alpha value is 0.140. The second kappa shape index (κ2) is 5.46. The van der Waals surface area contributed by atoms with Crippen molar-refractivity contribution in [1.29, 1.82) is 0 Å². The van der Waals surface area contributed by atoms with Gasteiger partial charge in [-0.05, 0) is 43.6 Å². The zero-order valence-electron chi connectivity index (χ0n) is 8.63. The molecular formula is C12H15Br2N. The van der Waals surface area contributed by atoms with Crippen LogP contribution in [0.25, 0.3) is 0 Å². The van der Waals surface area contributed by atoms with Gasteiger partial charge in [0.2, 0.25) is 0 Å². The van der Waals surface area contributed by atoms with Crippen molar-refractivity contribution in [3.05, 3.63) is 34.3 Å². The quantitative estimate of drug-likeness (QED) is 0.744. The van der Waals surface area contributed by atoms with Crippen LogP contribution in [0.4, 0.5) is 0 Å². The highest BCUT2D eigenvalue weighted by Crippen LogP contribution is 2.19. The van der Waals surface area contributed by atoms with Gasteiger partial charge >= 0.3 is 0 Å². The monoisotopic (exact) mass is 331 g/mol. The molecule has 0 atom stereocenters. The summed E-state index contributed by atoms with van der Waals surface area (Å²) in [5.41, 5.74) is 1.41. The Morgan fingerprint density at radius 3 is 2.33 bits per heavy atom. The van der Waals surface area contributed by atoms with E-state index in [1.807, 2.05) is 0 Å². The lowest BCUT2D eigenvalue weighted by atomic mass is 10.1. The summed E-state index contributed by atoms with van der Waals surface area (Å²) < 4.78 is 1.16. The molecule has 0 unspecified atom stereocenters. The third-order valence-electron chi connectivity index (χ3n) is 2.84. The molecule has 1 fully saturated rings. The van der Waals surface area contributed by atoms with Crippen molar-refractivity contribution in [1.82, 2.24) is 4.90 Å². The molecule has 0 bridgehead atoms. The van der Waals surface area contributed by atoms with Crippen LogP contribution in [0.5, 0.6) is 0 Å². The average molecular weight is 333 g/mol. The fourth-order valence-corrected chi connectivity index (χ4v) is 2.58. The van der Waals surface area contributed by atoms with Crippen molar-refractivity contribution in [3.8, 4) is 0 Å². The van der Waals surface area contributed by atoms with E-state index >= 15 is 0 Å². The van der Waals surface area contributed by atoms with Crippen molar-refractivity contribution in [2.75, 3.05) is 13.1 Å². The van der Waals surface area contributed by atoms with Gasteiger partial charge in [-0.1, -0.05) is 44.0 Å². The molecule has 1 saturated heterocycles. The minimum absolute atomic E-state index is 0.735. The normalized spacial score (nSPS) is 19.3. The second-order valence-electron chi connectivity index (χ2n) is 4.08. The topological polar surface area (TPSA) is 3.24 Å². The lowest BCUT2D eigenvalue weighted by Gasteiger charge is -2.29. The van der Waals surface area contributed by atoms with Crippen LogP contribution in [0.3, 0.4) is 0 Å². The number of nitrogens with zero attached hydrogens (tertiary/aromatic N) is 1. The van der Waals surface area contributed by atoms with Crippen molar-refractivity contribution >= 4 is 31.9 Å². The molecular weight excluding hydrogens is 318 g/mol. The molecule has 1 nitrogen and oxygen atoms in total. The molecule has 0 spiro atoms. The maximum atomic E-state index is 3.68. The molecule has 0 amide bonds. The second-order valence-corrected chi connectivity index (χ2v) is 6.29. The van der Waals surface area contributed by atoms with Crippen LogP contribution in [0.2, 0.25) is 0 Å². The molecule has 1 aromatic rings. The zero-order chi connectivity index (χ0) is 10.7. The number of halogens is 2. The molecule has 2 rings (SSSR count). The molecule has 1 aromatic carbocycles. The van der Waals surface area contributed by atoms with Gasteiger partial charge in [0.1, 0.15) is 0 Å². The first-order valence-electron chi connectivity index (χ1n) is 5.35. The van der Waals surface area contributed by atoms with Crippen LogP contribution in [-0.4, -0.2) is 22.8 Å². The molecule has 3 heteroatoms. The van der Waals surface area contributed by atoms with Gasteiger partial charge in [0, 0.05) is 15.8 Å². The molecule has 0 N–H and O–H groups in total. The van der Waals surface area contributed by atoms with Crippen LogP contribution >= 0.6 is 31.9 Å². The number of piperidine rings is 1. The summed E-state index contributed by atoms with van der Waals surface area (Å²) in [6.07, 6.45) is 2.55. The largest absolute Gasteiger partial charge is 0.299 e. The maximum Gasteiger partial charge on any atom is 0.0233 e. The summed E-state index contributed by atoms with van der Waals surface area (Å²) >= 11 is 7.14. The highest BCUT2D eigenvalue weighted by molar-refractivity contribution is 9.10. The summed E-state index contributed by atoms with van der Waals surface area (Å²) in [6.45, 7) is 3.52. The zero-order valence-corrected chi connectivity index (χ0v) is 11.8. The van der Waals surface area contributed by atoms with Gasteiger partial charge in [-0.25, -0.2) is 0 Å². The summed E-state index contributed by atoms with van der Waals surface area (Å²) in [7, 11) is 0. The first kappa shape index (κ1) is 11.6. The van der Waals surface area contributed by atoms with Gasteiger partial charge in [-0.15, -0.1) is 0 Å². The van der Waals surface area contributed by atoms with Crippen LogP contribution in [-0.2, 0) is 6.54 Å². The van der Waals surface area contributed by atoms with Crippen molar-refractivity contribution in [2.45, 2.75) is 24.2 Å². The summed E-state index contributed by atoms with van der Waals surface area (Å²) in [6, 6.07) is 8.63. The number of rotatable bonds is 2. The van der Waals surface area contributed by atoms with E-state index in [1.54, 1.807) is 0 Å². The van der Waals surface area contributed by atoms with E-state index in [0.717, 1.165) is 15.8 Å². The van der Waals surface area contributed by atoms with E-state index < -0.39 is 0 Å². The molecule has 1 aliphatic rings. The summed E-state index contributed by atoms with van der Waals surface area (Å²) in [5.74, 6) is 0. The predicted octanol–water partition coefficient (Wildman–Crippen LogP) is 3.81. The first-order chi connectivity index (χ1) is 7.24. The SMILES string of the molecule is Brc1ccc(CN2CCC(Br)CC2)cc1. The molecule has 15 heavy (non-hydrogen) atoms. The number of benzene rings is 1. The Kier molecular flexibility index (Phi) is 4.23. The van der Waals surface area contributed by atoms with Gasteiger partial charge in [-0.2, -0.15) is 0 Å². The van der Waals surface area contributed by atoms with Crippen molar-refractivity contribution in [3.63, 3.8) is 0 Å².